The number of nitrogens with zero attached hydrogens (tertiary/aromatic N) is 1. The Morgan fingerprint density at radius 1 is 1.85 bits per heavy atom. The van der Waals surface area contributed by atoms with Gasteiger partial charge in [-0.15, -0.1) is 0 Å². The van der Waals surface area contributed by atoms with Crippen molar-refractivity contribution in [1.82, 2.24) is 10.2 Å². The molecule has 5 heteroatoms. The van der Waals surface area contributed by atoms with Crippen LogP contribution in [-0.2, 0) is 9.53 Å². The van der Waals surface area contributed by atoms with Gasteiger partial charge in [0.05, 0.1) is 6.20 Å². The second-order valence-electron chi connectivity index (χ2n) is 2.59. The number of anilines is 1. The van der Waals surface area contributed by atoms with Gasteiger partial charge in [-0.2, -0.15) is 5.10 Å². The zero-order valence-corrected chi connectivity index (χ0v) is 7.70. The number of ether oxygens (including phenoxy) is 1. The number of carbonyl (C=O) groups excluding carboxylic acids is 1. The number of aromatic amines is 1. The van der Waals surface area contributed by atoms with Gasteiger partial charge in [0.2, 0.25) is 0 Å². The molecule has 0 radical (unpaired) electrons. The van der Waals surface area contributed by atoms with Gasteiger partial charge in [0.25, 0.3) is 5.91 Å². The van der Waals surface area contributed by atoms with Crippen molar-refractivity contribution in [2.45, 2.75) is 19.4 Å². The highest BCUT2D eigenvalue weighted by molar-refractivity contribution is 5.93. The van der Waals surface area contributed by atoms with Gasteiger partial charge in [0, 0.05) is 13.2 Å². The van der Waals surface area contributed by atoms with Crippen molar-refractivity contribution in [2.24, 2.45) is 0 Å². The number of amides is 1. The largest absolute Gasteiger partial charge is 0.372 e. The molecular formula is C8H13N3O2. The maximum Gasteiger partial charge on any atom is 0.254 e. The number of H-pyrrole nitrogens is 1. The van der Waals surface area contributed by atoms with Crippen molar-refractivity contribution >= 4 is 11.7 Å². The van der Waals surface area contributed by atoms with Crippen LogP contribution in [0, 0.1) is 0 Å². The van der Waals surface area contributed by atoms with Crippen LogP contribution in [-0.4, -0.2) is 29.3 Å². The van der Waals surface area contributed by atoms with Crippen molar-refractivity contribution in [3.8, 4) is 0 Å². The first kappa shape index (κ1) is 9.73. The first-order valence-corrected chi connectivity index (χ1v) is 4.11. The second-order valence-corrected chi connectivity index (χ2v) is 2.59. The third-order valence-electron chi connectivity index (χ3n) is 1.71. The Kier molecular flexibility index (Phi) is 3.45. The number of methoxy groups -OCH3 is 1. The zero-order valence-electron chi connectivity index (χ0n) is 7.70. The lowest BCUT2D eigenvalue weighted by Crippen LogP contribution is -2.28. The lowest BCUT2D eigenvalue weighted by atomic mass is 10.2. The predicted octanol–water partition coefficient (Wildman–Crippen LogP) is 0.773. The van der Waals surface area contributed by atoms with Crippen LogP contribution in [0.4, 0.5) is 5.82 Å². The Morgan fingerprint density at radius 3 is 3.08 bits per heavy atom. The van der Waals surface area contributed by atoms with E-state index in [4.69, 9.17) is 4.74 Å². The molecule has 0 aromatic carbocycles. The number of aromatic nitrogens is 2. The van der Waals surface area contributed by atoms with E-state index in [-0.39, 0.29) is 5.91 Å². The van der Waals surface area contributed by atoms with Crippen LogP contribution in [0.25, 0.3) is 0 Å². The quantitative estimate of drug-likeness (QED) is 0.724. The maximum atomic E-state index is 11.4. The molecule has 1 atom stereocenters. The van der Waals surface area contributed by atoms with Crippen LogP contribution in [0.3, 0.4) is 0 Å². The minimum absolute atomic E-state index is 0.158. The van der Waals surface area contributed by atoms with Gasteiger partial charge >= 0.3 is 0 Å². The van der Waals surface area contributed by atoms with Crippen LogP contribution in [0.1, 0.15) is 13.3 Å². The number of hydrogen-bond acceptors (Lipinski definition) is 3. The standard InChI is InChI=1S/C8H13N3O2/c1-3-6(13-2)8(12)10-7-4-5-9-11-7/h4-6H,3H2,1-2H3,(H2,9,10,11,12). The van der Waals surface area contributed by atoms with Gasteiger partial charge in [0.15, 0.2) is 0 Å². The van der Waals surface area contributed by atoms with Crippen molar-refractivity contribution < 1.29 is 9.53 Å². The molecule has 0 spiro atoms. The molecule has 1 amide bonds. The summed E-state index contributed by atoms with van der Waals surface area (Å²) in [7, 11) is 1.51. The molecule has 0 saturated heterocycles. The molecule has 2 N–H and O–H groups in total. The van der Waals surface area contributed by atoms with Gasteiger partial charge in [-0.1, -0.05) is 6.92 Å². The summed E-state index contributed by atoms with van der Waals surface area (Å²) in [5.41, 5.74) is 0. The summed E-state index contributed by atoms with van der Waals surface area (Å²) in [6.45, 7) is 1.89. The highest BCUT2D eigenvalue weighted by atomic mass is 16.5. The molecule has 0 aliphatic heterocycles. The summed E-state index contributed by atoms with van der Waals surface area (Å²) in [6.07, 6.45) is 1.82. The highest BCUT2D eigenvalue weighted by Crippen LogP contribution is 2.03. The van der Waals surface area contributed by atoms with E-state index < -0.39 is 6.10 Å². The molecule has 1 heterocycles. The predicted molar refractivity (Wildman–Crippen MR) is 48.3 cm³/mol. The van der Waals surface area contributed by atoms with E-state index in [2.05, 4.69) is 15.5 Å². The number of nitrogens with one attached hydrogen (secondary N) is 2. The zero-order chi connectivity index (χ0) is 9.68. The van der Waals surface area contributed by atoms with E-state index in [9.17, 15) is 4.79 Å². The Hall–Kier alpha value is -1.36. The molecule has 0 bridgehead atoms. The smallest absolute Gasteiger partial charge is 0.254 e. The fourth-order valence-corrected chi connectivity index (χ4v) is 0.998. The topological polar surface area (TPSA) is 67.0 Å². The SMILES string of the molecule is CCC(OC)C(=O)Nc1ccn[nH]1. The molecule has 0 aliphatic carbocycles. The van der Waals surface area contributed by atoms with E-state index >= 15 is 0 Å². The molecule has 72 valence electrons. The summed E-state index contributed by atoms with van der Waals surface area (Å²) >= 11 is 0. The van der Waals surface area contributed by atoms with Gasteiger partial charge in [-0.05, 0) is 6.42 Å². The Bertz CT molecular complexity index is 254. The Balaban J connectivity index is 2.49. The van der Waals surface area contributed by atoms with Gasteiger partial charge in [0.1, 0.15) is 11.9 Å². The molecule has 0 aliphatic rings. The lowest BCUT2D eigenvalue weighted by molar-refractivity contribution is -0.125. The van der Waals surface area contributed by atoms with Crippen molar-refractivity contribution in [1.29, 1.82) is 0 Å². The third-order valence-corrected chi connectivity index (χ3v) is 1.71. The average Bonchev–Trinajstić information content (AvgIpc) is 2.59. The Labute approximate surface area is 76.5 Å². The molecule has 5 nitrogen and oxygen atoms in total. The number of rotatable bonds is 4. The summed E-state index contributed by atoms with van der Waals surface area (Å²) in [5, 5.41) is 8.98. The normalized spacial score (nSPS) is 12.5. The van der Waals surface area contributed by atoms with Crippen LogP contribution in [0.5, 0.6) is 0 Å². The van der Waals surface area contributed by atoms with E-state index in [1.165, 1.54) is 7.11 Å². The fraction of sp³-hybridized carbons (Fsp3) is 0.500. The number of hydrogen-bond donors (Lipinski definition) is 2. The van der Waals surface area contributed by atoms with Gasteiger partial charge < -0.3 is 10.1 Å². The summed E-state index contributed by atoms with van der Waals surface area (Å²) in [4.78, 5) is 11.4. The molecule has 1 unspecified atom stereocenters. The number of carbonyl (C=O) groups is 1. The van der Waals surface area contributed by atoms with Crippen molar-refractivity contribution in [3.63, 3.8) is 0 Å². The third kappa shape index (κ3) is 2.55. The summed E-state index contributed by atoms with van der Waals surface area (Å²) in [5.74, 6) is 0.426. The minimum atomic E-state index is -0.400. The van der Waals surface area contributed by atoms with Gasteiger partial charge in [-0.25, -0.2) is 0 Å². The summed E-state index contributed by atoms with van der Waals surface area (Å²) in [6, 6.07) is 1.68. The molecule has 0 fully saturated rings. The van der Waals surface area contributed by atoms with Crippen molar-refractivity contribution in [3.05, 3.63) is 12.3 Å². The molecule has 1 rings (SSSR count). The molecule has 0 saturated carbocycles. The van der Waals surface area contributed by atoms with Crippen LogP contribution in [0.2, 0.25) is 0 Å². The minimum Gasteiger partial charge on any atom is -0.372 e. The monoisotopic (exact) mass is 183 g/mol. The van der Waals surface area contributed by atoms with Crippen LogP contribution >= 0.6 is 0 Å². The van der Waals surface area contributed by atoms with Crippen LogP contribution in [0.15, 0.2) is 12.3 Å². The van der Waals surface area contributed by atoms with E-state index in [0.29, 0.717) is 12.2 Å². The van der Waals surface area contributed by atoms with Crippen molar-refractivity contribution in [2.75, 3.05) is 12.4 Å². The average molecular weight is 183 g/mol. The first-order chi connectivity index (χ1) is 6.27. The van der Waals surface area contributed by atoms with Gasteiger partial charge in [-0.3, -0.25) is 9.89 Å². The fourth-order valence-electron chi connectivity index (χ4n) is 0.998. The second kappa shape index (κ2) is 4.61. The maximum absolute atomic E-state index is 11.4. The highest BCUT2D eigenvalue weighted by Gasteiger charge is 2.15. The summed E-state index contributed by atoms with van der Waals surface area (Å²) < 4.78 is 4.96. The lowest BCUT2D eigenvalue weighted by Gasteiger charge is -2.11. The molecule has 13 heavy (non-hydrogen) atoms. The Morgan fingerprint density at radius 2 is 2.62 bits per heavy atom. The van der Waals surface area contributed by atoms with E-state index in [0.717, 1.165) is 0 Å². The van der Waals surface area contributed by atoms with E-state index in [1.54, 1.807) is 12.3 Å². The van der Waals surface area contributed by atoms with Crippen LogP contribution < -0.4 is 5.32 Å². The molecule has 1 aromatic heterocycles. The van der Waals surface area contributed by atoms with E-state index in [1.807, 2.05) is 6.92 Å². The molecular weight excluding hydrogens is 170 g/mol. The first-order valence-electron chi connectivity index (χ1n) is 4.11. The molecule has 1 aromatic rings.